The summed E-state index contributed by atoms with van der Waals surface area (Å²) < 4.78 is 0.930. The molecule has 1 aliphatic carbocycles. The molecule has 1 aromatic rings. The molecule has 5 heteroatoms. The van der Waals surface area contributed by atoms with E-state index in [0.717, 1.165) is 41.0 Å². The maximum Gasteiger partial charge on any atom is 0.145 e. The second-order valence-corrected chi connectivity index (χ2v) is 6.56. The number of hydrogen-bond acceptors (Lipinski definition) is 4. The largest absolute Gasteiger partial charge is 0.369 e. The van der Waals surface area contributed by atoms with Gasteiger partial charge in [0.25, 0.3) is 0 Å². The lowest BCUT2D eigenvalue weighted by Gasteiger charge is -2.26. The predicted molar refractivity (Wildman–Crippen MR) is 88.1 cm³/mol. The quantitative estimate of drug-likeness (QED) is 0.810. The molecule has 1 saturated carbocycles. The zero-order valence-electron chi connectivity index (χ0n) is 12.5. The molecule has 112 valence electrons. The summed E-state index contributed by atoms with van der Waals surface area (Å²) in [5, 5.41) is 6.66. The maximum atomic E-state index is 4.31. The highest BCUT2D eigenvalue weighted by Crippen LogP contribution is 2.31. The van der Waals surface area contributed by atoms with E-state index < -0.39 is 0 Å². The van der Waals surface area contributed by atoms with Gasteiger partial charge in [-0.25, -0.2) is 9.97 Å². The number of anilines is 2. The summed E-state index contributed by atoms with van der Waals surface area (Å²) in [6.45, 7) is 6.28. The van der Waals surface area contributed by atoms with Gasteiger partial charge in [0, 0.05) is 13.1 Å². The molecule has 1 fully saturated rings. The van der Waals surface area contributed by atoms with Crippen LogP contribution in [0.5, 0.6) is 0 Å². The van der Waals surface area contributed by atoms with Crippen molar-refractivity contribution < 1.29 is 0 Å². The molecule has 0 aromatic carbocycles. The van der Waals surface area contributed by atoms with Crippen LogP contribution < -0.4 is 10.6 Å². The highest BCUT2D eigenvalue weighted by molar-refractivity contribution is 9.10. The second-order valence-electron chi connectivity index (χ2n) is 5.77. The van der Waals surface area contributed by atoms with Gasteiger partial charge < -0.3 is 10.6 Å². The Kier molecular flexibility index (Phi) is 6.07. The molecule has 1 heterocycles. The summed E-state index contributed by atoms with van der Waals surface area (Å²) in [7, 11) is 0. The maximum absolute atomic E-state index is 4.31. The van der Waals surface area contributed by atoms with Crippen LogP contribution in [0.25, 0.3) is 0 Å². The van der Waals surface area contributed by atoms with Crippen LogP contribution in [0.15, 0.2) is 10.8 Å². The van der Waals surface area contributed by atoms with E-state index >= 15 is 0 Å². The van der Waals surface area contributed by atoms with Crippen LogP contribution in [0.1, 0.15) is 46.0 Å². The Bertz CT molecular complexity index is 424. The van der Waals surface area contributed by atoms with Crippen molar-refractivity contribution in [3.05, 3.63) is 10.8 Å². The van der Waals surface area contributed by atoms with E-state index in [-0.39, 0.29) is 0 Å². The second kappa shape index (κ2) is 7.81. The number of halogens is 1. The number of nitrogens with zero attached hydrogens (tertiary/aromatic N) is 2. The van der Waals surface area contributed by atoms with Gasteiger partial charge in [-0.1, -0.05) is 26.2 Å². The predicted octanol–water partition coefficient (Wildman–Crippen LogP) is 4.30. The van der Waals surface area contributed by atoms with Crippen molar-refractivity contribution in [1.29, 1.82) is 0 Å². The third-order valence-corrected chi connectivity index (χ3v) is 4.77. The van der Waals surface area contributed by atoms with Gasteiger partial charge in [0.15, 0.2) is 0 Å². The molecule has 0 bridgehead atoms. The molecule has 0 radical (unpaired) electrons. The third kappa shape index (κ3) is 4.33. The van der Waals surface area contributed by atoms with E-state index in [4.69, 9.17) is 0 Å². The number of hydrogen-bond donors (Lipinski definition) is 2. The smallest absolute Gasteiger partial charge is 0.145 e. The van der Waals surface area contributed by atoms with Crippen LogP contribution in [0.3, 0.4) is 0 Å². The van der Waals surface area contributed by atoms with Gasteiger partial charge in [-0.2, -0.15) is 0 Å². The molecule has 1 aliphatic rings. The lowest BCUT2D eigenvalue weighted by molar-refractivity contribution is 0.274. The number of rotatable bonds is 6. The summed E-state index contributed by atoms with van der Waals surface area (Å²) in [4.78, 5) is 8.54. The van der Waals surface area contributed by atoms with Gasteiger partial charge >= 0.3 is 0 Å². The molecule has 0 amide bonds. The van der Waals surface area contributed by atoms with Crippen molar-refractivity contribution in [3.63, 3.8) is 0 Å². The standard InChI is InChI=1S/C15H25BrN4/c1-3-17-14-13(16)15(20-10-19-14)18-8-7-12-6-4-5-11(2)9-12/h10-12H,3-9H2,1-2H3,(H2,17,18,19,20). The molecular weight excluding hydrogens is 316 g/mol. The Morgan fingerprint density at radius 1 is 1.25 bits per heavy atom. The van der Waals surface area contributed by atoms with Crippen molar-refractivity contribution in [2.24, 2.45) is 11.8 Å². The molecule has 2 unspecified atom stereocenters. The monoisotopic (exact) mass is 340 g/mol. The number of aromatic nitrogens is 2. The lowest BCUT2D eigenvalue weighted by Crippen LogP contribution is -2.17. The van der Waals surface area contributed by atoms with E-state index in [2.05, 4.69) is 50.4 Å². The van der Waals surface area contributed by atoms with Crippen molar-refractivity contribution in [3.8, 4) is 0 Å². The first-order valence-corrected chi connectivity index (χ1v) is 8.48. The van der Waals surface area contributed by atoms with E-state index in [9.17, 15) is 0 Å². The molecule has 2 N–H and O–H groups in total. The van der Waals surface area contributed by atoms with Crippen LogP contribution in [-0.2, 0) is 0 Å². The number of nitrogens with one attached hydrogen (secondary N) is 2. The molecule has 0 spiro atoms. The Morgan fingerprint density at radius 3 is 2.70 bits per heavy atom. The molecule has 4 nitrogen and oxygen atoms in total. The Labute approximate surface area is 130 Å². The molecule has 2 rings (SSSR count). The van der Waals surface area contributed by atoms with E-state index in [0.29, 0.717) is 0 Å². The van der Waals surface area contributed by atoms with Gasteiger partial charge in [-0.05, 0) is 47.5 Å². The van der Waals surface area contributed by atoms with Crippen molar-refractivity contribution in [2.45, 2.75) is 46.0 Å². The van der Waals surface area contributed by atoms with Gasteiger partial charge in [-0.15, -0.1) is 0 Å². The fraction of sp³-hybridized carbons (Fsp3) is 0.733. The summed E-state index contributed by atoms with van der Waals surface area (Å²) >= 11 is 3.57. The first-order valence-electron chi connectivity index (χ1n) is 7.69. The minimum Gasteiger partial charge on any atom is -0.369 e. The van der Waals surface area contributed by atoms with Crippen LogP contribution in [0, 0.1) is 11.8 Å². The average Bonchev–Trinajstić information content (AvgIpc) is 2.43. The molecule has 0 saturated heterocycles. The normalized spacial score (nSPS) is 22.6. The van der Waals surface area contributed by atoms with Gasteiger partial charge in [-0.3, -0.25) is 0 Å². The van der Waals surface area contributed by atoms with Gasteiger partial charge in [0.1, 0.15) is 22.4 Å². The topological polar surface area (TPSA) is 49.8 Å². The van der Waals surface area contributed by atoms with E-state index in [1.807, 2.05) is 0 Å². The molecular formula is C15H25BrN4. The Morgan fingerprint density at radius 2 is 2.00 bits per heavy atom. The van der Waals surface area contributed by atoms with Gasteiger partial charge in [0.05, 0.1) is 0 Å². The van der Waals surface area contributed by atoms with E-state index in [1.54, 1.807) is 6.33 Å². The Balaban J connectivity index is 1.83. The fourth-order valence-electron chi connectivity index (χ4n) is 3.00. The Hall–Kier alpha value is -0.840. The van der Waals surface area contributed by atoms with Crippen molar-refractivity contribution in [1.82, 2.24) is 9.97 Å². The zero-order chi connectivity index (χ0) is 14.4. The molecule has 2 atom stereocenters. The van der Waals surface area contributed by atoms with Gasteiger partial charge in [0.2, 0.25) is 0 Å². The average molecular weight is 341 g/mol. The first-order chi connectivity index (χ1) is 9.70. The summed E-state index contributed by atoms with van der Waals surface area (Å²) in [6, 6.07) is 0. The van der Waals surface area contributed by atoms with Crippen LogP contribution in [0.4, 0.5) is 11.6 Å². The minimum absolute atomic E-state index is 0.856. The van der Waals surface area contributed by atoms with Crippen molar-refractivity contribution >= 4 is 27.6 Å². The summed E-state index contributed by atoms with van der Waals surface area (Å²) in [5.74, 6) is 3.52. The van der Waals surface area contributed by atoms with Crippen LogP contribution in [0.2, 0.25) is 0 Å². The fourth-order valence-corrected chi connectivity index (χ4v) is 3.49. The van der Waals surface area contributed by atoms with Crippen LogP contribution >= 0.6 is 15.9 Å². The van der Waals surface area contributed by atoms with Crippen molar-refractivity contribution in [2.75, 3.05) is 23.7 Å². The van der Waals surface area contributed by atoms with Crippen LogP contribution in [-0.4, -0.2) is 23.1 Å². The zero-order valence-corrected chi connectivity index (χ0v) is 14.0. The lowest BCUT2D eigenvalue weighted by atomic mass is 9.81. The highest BCUT2D eigenvalue weighted by atomic mass is 79.9. The SMILES string of the molecule is CCNc1ncnc(NCCC2CCCC(C)C2)c1Br. The molecule has 20 heavy (non-hydrogen) atoms. The third-order valence-electron chi connectivity index (χ3n) is 4.02. The summed E-state index contributed by atoms with van der Waals surface area (Å²) in [5.41, 5.74) is 0. The molecule has 0 aliphatic heterocycles. The highest BCUT2D eigenvalue weighted by Gasteiger charge is 2.18. The minimum atomic E-state index is 0.856. The first kappa shape index (κ1) is 15.5. The van der Waals surface area contributed by atoms with E-state index in [1.165, 1.54) is 32.1 Å². The summed E-state index contributed by atoms with van der Waals surface area (Å²) in [6.07, 6.45) is 8.42. The molecule has 1 aromatic heterocycles.